The van der Waals surface area contributed by atoms with Crippen LogP contribution in [0, 0.1) is 0 Å². The Bertz CT molecular complexity index is 784. The summed E-state index contributed by atoms with van der Waals surface area (Å²) in [6.45, 7) is 3.54. The second-order valence-electron chi connectivity index (χ2n) is 6.46. The van der Waals surface area contributed by atoms with Crippen molar-refractivity contribution in [2.24, 2.45) is 0 Å². The van der Waals surface area contributed by atoms with Crippen LogP contribution in [0.1, 0.15) is 45.2 Å². The van der Waals surface area contributed by atoms with Crippen LogP contribution in [0.5, 0.6) is 5.75 Å². The highest BCUT2D eigenvalue weighted by atomic mass is 16.5. The van der Waals surface area contributed by atoms with Gasteiger partial charge >= 0.3 is 5.97 Å². The molecule has 1 heterocycles. The molecule has 0 amide bonds. The van der Waals surface area contributed by atoms with Crippen molar-refractivity contribution in [2.75, 3.05) is 13.2 Å². The molecule has 0 spiro atoms. The third-order valence-electron chi connectivity index (χ3n) is 4.64. The number of benzene rings is 2. The fraction of sp³-hybridized carbons (Fsp3) is 0.300. The number of ether oxygens (including phenoxy) is 2. The van der Waals surface area contributed by atoms with Gasteiger partial charge in [0, 0.05) is 17.6 Å². The van der Waals surface area contributed by atoms with Crippen LogP contribution in [0.25, 0.3) is 0 Å². The van der Waals surface area contributed by atoms with Gasteiger partial charge in [-0.3, -0.25) is 4.79 Å². The summed E-state index contributed by atoms with van der Waals surface area (Å²) in [7, 11) is 0. The van der Waals surface area contributed by atoms with Gasteiger partial charge in [-0.25, -0.2) is 4.79 Å². The van der Waals surface area contributed by atoms with Gasteiger partial charge in [0.15, 0.2) is 6.29 Å². The predicted molar refractivity (Wildman–Crippen MR) is 92.4 cm³/mol. The Balaban J connectivity index is 1.70. The van der Waals surface area contributed by atoms with Gasteiger partial charge in [0.25, 0.3) is 0 Å². The van der Waals surface area contributed by atoms with Gasteiger partial charge in [0.2, 0.25) is 0 Å². The lowest BCUT2D eigenvalue weighted by Gasteiger charge is -2.22. The van der Waals surface area contributed by atoms with Crippen LogP contribution in [0.3, 0.4) is 0 Å². The molecule has 3 rings (SSSR count). The Labute approximate surface area is 146 Å². The molecule has 5 heteroatoms. The van der Waals surface area contributed by atoms with Crippen molar-refractivity contribution in [3.8, 4) is 5.75 Å². The number of hydrogen-bond donors (Lipinski definition) is 1. The van der Waals surface area contributed by atoms with Gasteiger partial charge in [-0.1, -0.05) is 43.3 Å². The van der Waals surface area contributed by atoms with E-state index in [0.29, 0.717) is 31.9 Å². The minimum Gasteiger partial charge on any atom is -0.492 e. The van der Waals surface area contributed by atoms with Crippen LogP contribution < -0.4 is 4.74 Å². The maximum absolute atomic E-state index is 11.4. The van der Waals surface area contributed by atoms with E-state index < -0.39 is 5.97 Å². The van der Waals surface area contributed by atoms with E-state index in [1.54, 1.807) is 6.07 Å². The number of fused-ring (bicyclic) bond motifs is 1. The number of carbonyl (C=O) groups excluding carboxylic acids is 1. The molecule has 0 saturated carbocycles. The minimum atomic E-state index is -1.13. The molecule has 0 saturated heterocycles. The van der Waals surface area contributed by atoms with E-state index in [1.807, 2.05) is 37.3 Å². The smallest absolute Gasteiger partial charge is 0.336 e. The van der Waals surface area contributed by atoms with Crippen molar-refractivity contribution in [1.29, 1.82) is 0 Å². The van der Waals surface area contributed by atoms with E-state index in [4.69, 9.17) is 9.47 Å². The second-order valence-corrected chi connectivity index (χ2v) is 6.46. The summed E-state index contributed by atoms with van der Waals surface area (Å²) >= 11 is 0. The van der Waals surface area contributed by atoms with Crippen LogP contribution in [0.15, 0.2) is 42.5 Å². The first-order valence-electron chi connectivity index (χ1n) is 8.15. The number of carboxylic acid groups (broad SMARTS) is 1. The molecule has 0 aromatic heterocycles. The van der Waals surface area contributed by atoms with Gasteiger partial charge in [-0.05, 0) is 18.1 Å². The van der Waals surface area contributed by atoms with E-state index in [1.165, 1.54) is 6.07 Å². The van der Waals surface area contributed by atoms with Gasteiger partial charge in [-0.2, -0.15) is 0 Å². The summed E-state index contributed by atoms with van der Waals surface area (Å²) in [5.41, 5.74) is 1.76. The number of carbonyl (C=O) groups is 2. The molecule has 2 aromatic rings. The Morgan fingerprint density at radius 3 is 2.72 bits per heavy atom. The molecule has 1 atom stereocenters. The molecule has 130 valence electrons. The number of hydrogen-bond acceptors (Lipinski definition) is 4. The number of rotatable bonds is 7. The Morgan fingerprint density at radius 1 is 1.28 bits per heavy atom. The molecule has 0 aliphatic carbocycles. The highest BCUT2D eigenvalue weighted by Gasteiger charge is 2.38. The summed E-state index contributed by atoms with van der Waals surface area (Å²) in [6, 6.07) is 13.2. The molecular formula is C20H20O5. The average molecular weight is 340 g/mol. The summed E-state index contributed by atoms with van der Waals surface area (Å²) in [6.07, 6.45) is 1.28. The van der Waals surface area contributed by atoms with E-state index >= 15 is 0 Å². The van der Waals surface area contributed by atoms with Crippen molar-refractivity contribution >= 4 is 12.3 Å². The second kappa shape index (κ2) is 7.07. The molecule has 1 aliphatic rings. The number of carboxylic acids is 1. The highest BCUT2D eigenvalue weighted by Crippen LogP contribution is 2.43. The van der Waals surface area contributed by atoms with E-state index in [0.717, 1.165) is 17.5 Å². The number of aldehydes is 1. The Hall–Kier alpha value is -2.66. The van der Waals surface area contributed by atoms with Gasteiger partial charge < -0.3 is 14.6 Å². The van der Waals surface area contributed by atoms with Crippen LogP contribution >= 0.6 is 0 Å². The quantitative estimate of drug-likeness (QED) is 0.617. The lowest BCUT2D eigenvalue weighted by Crippen LogP contribution is -2.25. The first kappa shape index (κ1) is 17.2. The lowest BCUT2D eigenvalue weighted by molar-refractivity contribution is 0.0693. The molecule has 0 radical (unpaired) electrons. The highest BCUT2D eigenvalue weighted by molar-refractivity contribution is 5.99. The maximum atomic E-state index is 11.4. The van der Waals surface area contributed by atoms with Crippen LogP contribution in [-0.2, 0) is 16.8 Å². The lowest BCUT2D eigenvalue weighted by atomic mass is 9.80. The molecule has 0 bridgehead atoms. The van der Waals surface area contributed by atoms with E-state index in [-0.39, 0.29) is 16.5 Å². The summed E-state index contributed by atoms with van der Waals surface area (Å²) < 4.78 is 11.5. The minimum absolute atomic E-state index is 0.0293. The SMILES string of the molecule is CC1(CCOCc2ccccc2)COc2c1ccc(C(=O)O)c2C=O. The number of aromatic carboxylic acids is 1. The van der Waals surface area contributed by atoms with Crippen molar-refractivity contribution in [3.05, 3.63) is 64.7 Å². The normalized spacial score (nSPS) is 18.4. The van der Waals surface area contributed by atoms with E-state index in [9.17, 15) is 14.7 Å². The van der Waals surface area contributed by atoms with Gasteiger partial charge in [-0.15, -0.1) is 0 Å². The van der Waals surface area contributed by atoms with Crippen molar-refractivity contribution in [2.45, 2.75) is 25.4 Å². The average Bonchev–Trinajstić information content (AvgIpc) is 2.96. The topological polar surface area (TPSA) is 72.8 Å². The fourth-order valence-corrected chi connectivity index (χ4v) is 3.11. The molecule has 1 N–H and O–H groups in total. The zero-order chi connectivity index (χ0) is 17.9. The van der Waals surface area contributed by atoms with Gasteiger partial charge in [0.05, 0.1) is 24.3 Å². The Kier molecular flexibility index (Phi) is 4.86. The van der Waals surface area contributed by atoms with Crippen LogP contribution in [-0.4, -0.2) is 30.6 Å². The largest absolute Gasteiger partial charge is 0.492 e. The third-order valence-corrected chi connectivity index (χ3v) is 4.64. The molecule has 0 fully saturated rings. The van der Waals surface area contributed by atoms with Crippen molar-refractivity contribution < 1.29 is 24.2 Å². The summed E-state index contributed by atoms with van der Waals surface area (Å²) in [5, 5.41) is 9.21. The molecule has 2 aromatic carbocycles. The molecule has 25 heavy (non-hydrogen) atoms. The predicted octanol–water partition coefficient (Wildman–Crippen LogP) is 3.45. The van der Waals surface area contributed by atoms with Crippen molar-refractivity contribution in [3.63, 3.8) is 0 Å². The standard InChI is InChI=1S/C20H20O5/c1-20(9-10-24-12-14-5-3-2-4-6-14)13-25-18-16(11-21)15(19(22)23)7-8-17(18)20/h2-8,11H,9-10,12-13H2,1H3,(H,22,23). The zero-order valence-electron chi connectivity index (χ0n) is 14.0. The summed E-state index contributed by atoms with van der Waals surface area (Å²) in [5.74, 6) is -0.742. The Morgan fingerprint density at radius 2 is 2.04 bits per heavy atom. The van der Waals surface area contributed by atoms with Crippen molar-refractivity contribution in [1.82, 2.24) is 0 Å². The van der Waals surface area contributed by atoms with Gasteiger partial charge in [0.1, 0.15) is 5.75 Å². The zero-order valence-corrected chi connectivity index (χ0v) is 14.0. The third kappa shape index (κ3) is 3.42. The fourth-order valence-electron chi connectivity index (χ4n) is 3.11. The van der Waals surface area contributed by atoms with Crippen LogP contribution in [0.2, 0.25) is 0 Å². The first-order chi connectivity index (χ1) is 12.0. The molecule has 1 unspecified atom stereocenters. The van der Waals surface area contributed by atoms with Crippen LogP contribution in [0.4, 0.5) is 0 Å². The monoisotopic (exact) mass is 340 g/mol. The van der Waals surface area contributed by atoms with E-state index in [2.05, 4.69) is 0 Å². The molecule has 5 nitrogen and oxygen atoms in total. The maximum Gasteiger partial charge on any atom is 0.336 e. The molecular weight excluding hydrogens is 320 g/mol. The molecule has 1 aliphatic heterocycles. The first-order valence-corrected chi connectivity index (χ1v) is 8.15. The summed E-state index contributed by atoms with van der Waals surface area (Å²) in [4.78, 5) is 22.6.